The maximum atomic E-state index is 9.35. The number of benzene rings is 1. The number of nitrogens with zero attached hydrogens (tertiary/aromatic N) is 5. The first-order valence-electron chi connectivity index (χ1n) is 9.52. The number of nitrogens with one attached hydrogen (secondary N) is 1. The maximum absolute atomic E-state index is 9.35. The summed E-state index contributed by atoms with van der Waals surface area (Å²) in [5, 5.41) is 14.7. The van der Waals surface area contributed by atoms with Crippen molar-refractivity contribution < 1.29 is 4.74 Å². The summed E-state index contributed by atoms with van der Waals surface area (Å²) in [6.07, 6.45) is 5.65. The third kappa shape index (κ3) is 4.74. The van der Waals surface area contributed by atoms with Crippen molar-refractivity contribution in [3.05, 3.63) is 45.9 Å². The van der Waals surface area contributed by atoms with Crippen molar-refractivity contribution in [2.75, 3.05) is 32.1 Å². The molecule has 1 aliphatic rings. The summed E-state index contributed by atoms with van der Waals surface area (Å²) in [4.78, 5) is 15.4. The zero-order chi connectivity index (χ0) is 20.2. The van der Waals surface area contributed by atoms with Gasteiger partial charge >= 0.3 is 0 Å². The number of halogens is 1. The smallest absolute Gasteiger partial charge is 0.253 e. The van der Waals surface area contributed by atoms with E-state index < -0.39 is 0 Å². The summed E-state index contributed by atoms with van der Waals surface area (Å²) in [6, 6.07) is 10.1. The highest BCUT2D eigenvalue weighted by Gasteiger charge is 2.19. The Morgan fingerprint density at radius 1 is 1.31 bits per heavy atom. The Hall–Kier alpha value is -2.51. The largest absolute Gasteiger partial charge is 0.475 e. The minimum Gasteiger partial charge on any atom is -0.475 e. The van der Waals surface area contributed by atoms with Gasteiger partial charge in [0.2, 0.25) is 5.69 Å². The Labute approximate surface area is 183 Å². The molecule has 0 saturated carbocycles. The van der Waals surface area contributed by atoms with Gasteiger partial charge in [0.25, 0.3) is 5.88 Å². The molecule has 7 nitrogen and oxygen atoms in total. The molecule has 0 radical (unpaired) electrons. The minimum atomic E-state index is 0.195. The Morgan fingerprint density at radius 3 is 3.03 bits per heavy atom. The maximum Gasteiger partial charge on any atom is 0.253 e. The van der Waals surface area contributed by atoms with E-state index >= 15 is 0 Å². The van der Waals surface area contributed by atoms with Crippen LogP contribution in [0.5, 0.6) is 5.88 Å². The molecule has 0 spiro atoms. The monoisotopic (exact) mass is 500 g/mol. The van der Waals surface area contributed by atoms with Crippen molar-refractivity contribution in [2.45, 2.75) is 12.8 Å². The summed E-state index contributed by atoms with van der Waals surface area (Å²) >= 11 is 2.30. The number of rotatable bonds is 5. The number of fused-ring (bicyclic) bond motifs is 1. The topological polar surface area (TPSA) is 87.0 Å². The van der Waals surface area contributed by atoms with Crippen LogP contribution in [-0.2, 0) is 0 Å². The van der Waals surface area contributed by atoms with E-state index in [0.29, 0.717) is 24.2 Å². The summed E-state index contributed by atoms with van der Waals surface area (Å²) in [6.45, 7) is 2.65. The fourth-order valence-electron chi connectivity index (χ4n) is 3.55. The van der Waals surface area contributed by atoms with Crippen molar-refractivity contribution in [1.82, 2.24) is 19.9 Å². The first-order chi connectivity index (χ1) is 14.1. The molecule has 0 aliphatic carbocycles. The highest BCUT2D eigenvalue weighted by Crippen LogP contribution is 2.24. The van der Waals surface area contributed by atoms with Gasteiger partial charge in [-0.1, -0.05) is 12.1 Å². The highest BCUT2D eigenvalue weighted by molar-refractivity contribution is 14.1. The van der Waals surface area contributed by atoms with Crippen molar-refractivity contribution in [1.29, 1.82) is 5.26 Å². The summed E-state index contributed by atoms with van der Waals surface area (Å²) in [5.74, 6) is 1.86. The van der Waals surface area contributed by atoms with Gasteiger partial charge in [0.15, 0.2) is 5.82 Å². The molecule has 3 aromatic rings. The quantitative estimate of drug-likeness (QED) is 0.531. The van der Waals surface area contributed by atoms with Gasteiger partial charge in [-0.2, -0.15) is 10.2 Å². The fourth-order valence-corrected chi connectivity index (χ4v) is 4.21. The van der Waals surface area contributed by atoms with Crippen LogP contribution in [0.4, 0.5) is 11.6 Å². The average Bonchev–Trinajstić information content (AvgIpc) is 2.72. The molecule has 29 heavy (non-hydrogen) atoms. The summed E-state index contributed by atoms with van der Waals surface area (Å²) in [5.41, 5.74) is 0.195. The lowest BCUT2D eigenvalue weighted by Gasteiger charge is -2.29. The van der Waals surface area contributed by atoms with Gasteiger partial charge in [-0.3, -0.25) is 0 Å². The van der Waals surface area contributed by atoms with E-state index in [-0.39, 0.29) is 11.6 Å². The number of nitriles is 1. The molecule has 4 rings (SSSR count). The number of hydrogen-bond donors (Lipinski definition) is 1. The minimum absolute atomic E-state index is 0.195. The summed E-state index contributed by atoms with van der Waals surface area (Å²) in [7, 11) is 2.12. The van der Waals surface area contributed by atoms with Crippen LogP contribution in [0.25, 0.3) is 10.8 Å². The predicted octanol–water partition coefficient (Wildman–Crippen LogP) is 3.97. The number of piperidine rings is 1. The summed E-state index contributed by atoms with van der Waals surface area (Å²) < 4.78 is 7.05. The van der Waals surface area contributed by atoms with Gasteiger partial charge < -0.3 is 15.0 Å². The second-order valence-corrected chi connectivity index (χ2v) is 8.42. The van der Waals surface area contributed by atoms with E-state index in [1.807, 2.05) is 24.4 Å². The van der Waals surface area contributed by atoms with E-state index in [1.54, 1.807) is 0 Å². The van der Waals surface area contributed by atoms with Crippen LogP contribution in [0.2, 0.25) is 0 Å². The lowest BCUT2D eigenvalue weighted by atomic mass is 10.00. The second-order valence-electron chi connectivity index (χ2n) is 7.26. The molecule has 1 saturated heterocycles. The van der Waals surface area contributed by atoms with Gasteiger partial charge in [-0.05, 0) is 66.5 Å². The number of ether oxygens (including phenoxy) is 1. The average molecular weight is 500 g/mol. The number of likely N-dealkylation sites (tertiary alicyclic amines) is 1. The SMILES string of the molecule is CN1CCCC(COc2nc(Nc3cc4cccc(I)c4cn3)cnc2C#N)C1. The Bertz CT molecular complexity index is 1070. The lowest BCUT2D eigenvalue weighted by molar-refractivity contribution is 0.147. The molecule has 1 atom stereocenters. The van der Waals surface area contributed by atoms with Crippen LogP contribution in [-0.4, -0.2) is 46.6 Å². The van der Waals surface area contributed by atoms with Crippen LogP contribution in [0.3, 0.4) is 0 Å². The van der Waals surface area contributed by atoms with Gasteiger partial charge in [-0.25, -0.2) is 9.97 Å². The Balaban J connectivity index is 1.51. The molecule has 1 aromatic carbocycles. The highest BCUT2D eigenvalue weighted by atomic mass is 127. The van der Waals surface area contributed by atoms with Gasteiger partial charge in [0.05, 0.1) is 12.8 Å². The molecule has 1 aliphatic heterocycles. The molecule has 0 bridgehead atoms. The molecule has 1 unspecified atom stereocenters. The zero-order valence-corrected chi connectivity index (χ0v) is 18.3. The van der Waals surface area contributed by atoms with Gasteiger partial charge in [0, 0.05) is 27.6 Å². The second kappa shape index (κ2) is 8.88. The van der Waals surface area contributed by atoms with Crippen LogP contribution >= 0.6 is 22.6 Å². The third-order valence-electron chi connectivity index (χ3n) is 4.99. The lowest BCUT2D eigenvalue weighted by Crippen LogP contribution is -2.34. The van der Waals surface area contributed by atoms with Crippen molar-refractivity contribution in [3.8, 4) is 11.9 Å². The standard InChI is InChI=1S/C21H21IN6O/c1-28-7-3-4-14(12-28)13-29-21-18(9-23)24-11-20(27-21)26-19-8-15-5-2-6-17(22)16(15)10-25-19/h2,5-6,8,10-11,14H,3-4,7,12-13H2,1H3,(H,25,26,27). The van der Waals surface area contributed by atoms with Crippen LogP contribution < -0.4 is 10.1 Å². The number of hydrogen-bond acceptors (Lipinski definition) is 7. The molecular formula is C21H21IN6O. The van der Waals surface area contributed by atoms with Crippen LogP contribution in [0.15, 0.2) is 36.7 Å². The third-order valence-corrected chi connectivity index (χ3v) is 5.93. The van der Waals surface area contributed by atoms with Crippen molar-refractivity contribution >= 4 is 45.0 Å². The fraction of sp³-hybridized carbons (Fsp3) is 0.333. The number of anilines is 2. The predicted molar refractivity (Wildman–Crippen MR) is 120 cm³/mol. The molecule has 1 N–H and O–H groups in total. The number of pyridine rings is 1. The Morgan fingerprint density at radius 2 is 2.21 bits per heavy atom. The molecular weight excluding hydrogens is 479 g/mol. The molecule has 3 heterocycles. The molecule has 0 amide bonds. The first-order valence-corrected chi connectivity index (χ1v) is 10.6. The molecule has 2 aromatic heterocycles. The normalized spacial score (nSPS) is 17.1. The van der Waals surface area contributed by atoms with E-state index in [4.69, 9.17) is 4.74 Å². The van der Waals surface area contributed by atoms with E-state index in [1.165, 1.54) is 6.20 Å². The number of aromatic nitrogens is 3. The van der Waals surface area contributed by atoms with E-state index in [9.17, 15) is 5.26 Å². The molecule has 1 fully saturated rings. The van der Waals surface area contributed by atoms with Crippen molar-refractivity contribution in [3.63, 3.8) is 0 Å². The van der Waals surface area contributed by atoms with Crippen LogP contribution in [0.1, 0.15) is 18.5 Å². The van der Waals surface area contributed by atoms with Gasteiger partial charge in [0.1, 0.15) is 11.9 Å². The van der Waals surface area contributed by atoms with Crippen molar-refractivity contribution in [2.24, 2.45) is 5.92 Å². The van der Waals surface area contributed by atoms with E-state index in [0.717, 1.165) is 40.3 Å². The van der Waals surface area contributed by atoms with Gasteiger partial charge in [-0.15, -0.1) is 0 Å². The van der Waals surface area contributed by atoms with E-state index in [2.05, 4.69) is 66.9 Å². The molecule has 148 valence electrons. The zero-order valence-electron chi connectivity index (χ0n) is 16.1. The first kappa shape index (κ1) is 19.8. The van der Waals surface area contributed by atoms with Crippen LogP contribution in [0, 0.1) is 20.8 Å². The Kier molecular flexibility index (Phi) is 6.06. The molecule has 8 heteroatoms.